The van der Waals surface area contributed by atoms with Crippen molar-refractivity contribution in [1.29, 1.82) is 0 Å². The molecule has 30 heavy (non-hydrogen) atoms. The third kappa shape index (κ3) is 6.81. The van der Waals surface area contributed by atoms with Crippen LogP contribution in [0.2, 0.25) is 0 Å². The zero-order valence-electron chi connectivity index (χ0n) is 18.2. The molecule has 0 bridgehead atoms. The van der Waals surface area contributed by atoms with Gasteiger partial charge in [-0.2, -0.15) is 0 Å². The summed E-state index contributed by atoms with van der Waals surface area (Å²) in [5.41, 5.74) is 3.58. The van der Waals surface area contributed by atoms with Gasteiger partial charge >= 0.3 is 0 Å². The SMILES string of the molecule is CN(CCCN(C)c1ccc(/C=C/c2cc[n+](C)cc2)cc1)C(=O)C1CCSSC1. The zero-order valence-corrected chi connectivity index (χ0v) is 19.8. The second-order valence-corrected chi connectivity index (χ2v) is 10.5. The minimum Gasteiger partial charge on any atom is -0.375 e. The van der Waals surface area contributed by atoms with E-state index in [1.54, 1.807) is 0 Å². The number of carbonyl (C=O) groups is 1. The lowest BCUT2D eigenvalue weighted by molar-refractivity contribution is -0.671. The lowest BCUT2D eigenvalue weighted by Crippen LogP contribution is -2.36. The Morgan fingerprint density at radius 1 is 1.03 bits per heavy atom. The number of nitrogens with zero attached hydrogens (tertiary/aromatic N) is 3. The Balaban J connectivity index is 1.44. The fraction of sp³-hybridized carbons (Fsp3) is 0.417. The van der Waals surface area contributed by atoms with Gasteiger partial charge in [0.25, 0.3) is 0 Å². The largest absolute Gasteiger partial charge is 0.375 e. The van der Waals surface area contributed by atoms with E-state index < -0.39 is 0 Å². The highest BCUT2D eigenvalue weighted by Crippen LogP contribution is 2.33. The topological polar surface area (TPSA) is 27.4 Å². The molecule has 3 rings (SSSR count). The molecule has 1 unspecified atom stereocenters. The van der Waals surface area contributed by atoms with E-state index in [1.165, 1.54) is 16.8 Å². The summed E-state index contributed by atoms with van der Waals surface area (Å²) in [6.45, 7) is 1.75. The number of anilines is 1. The smallest absolute Gasteiger partial charge is 0.226 e. The van der Waals surface area contributed by atoms with Gasteiger partial charge in [0.05, 0.1) is 0 Å². The van der Waals surface area contributed by atoms with Crippen LogP contribution < -0.4 is 9.47 Å². The predicted molar refractivity (Wildman–Crippen MR) is 132 cm³/mol. The van der Waals surface area contributed by atoms with Crippen LogP contribution in [0.5, 0.6) is 0 Å². The van der Waals surface area contributed by atoms with Crippen molar-refractivity contribution >= 4 is 45.3 Å². The lowest BCUT2D eigenvalue weighted by atomic mass is 10.1. The van der Waals surface area contributed by atoms with Crippen LogP contribution in [0.3, 0.4) is 0 Å². The van der Waals surface area contributed by atoms with Crippen LogP contribution in [0, 0.1) is 5.92 Å². The quantitative estimate of drug-likeness (QED) is 0.448. The van der Waals surface area contributed by atoms with Crippen LogP contribution in [0.25, 0.3) is 12.2 Å². The summed E-state index contributed by atoms with van der Waals surface area (Å²) in [4.78, 5) is 16.7. The van der Waals surface area contributed by atoms with Crippen molar-refractivity contribution in [1.82, 2.24) is 4.90 Å². The van der Waals surface area contributed by atoms with Gasteiger partial charge in [0.15, 0.2) is 12.4 Å². The van der Waals surface area contributed by atoms with Gasteiger partial charge in [0.2, 0.25) is 5.91 Å². The average Bonchev–Trinajstić information content (AvgIpc) is 2.79. The number of aryl methyl sites for hydroxylation is 1. The van der Waals surface area contributed by atoms with Crippen molar-refractivity contribution < 1.29 is 9.36 Å². The van der Waals surface area contributed by atoms with E-state index in [0.717, 1.165) is 37.4 Å². The molecule has 1 aromatic heterocycles. The van der Waals surface area contributed by atoms with Crippen LogP contribution >= 0.6 is 21.6 Å². The highest BCUT2D eigenvalue weighted by Gasteiger charge is 2.24. The van der Waals surface area contributed by atoms with Crippen molar-refractivity contribution in [3.63, 3.8) is 0 Å². The van der Waals surface area contributed by atoms with E-state index in [-0.39, 0.29) is 5.92 Å². The molecule has 1 saturated heterocycles. The normalized spacial score (nSPS) is 16.6. The molecule has 0 radical (unpaired) electrons. The Hall–Kier alpha value is -1.92. The van der Waals surface area contributed by atoms with Gasteiger partial charge in [0.1, 0.15) is 7.05 Å². The Bertz CT molecular complexity index is 831. The van der Waals surface area contributed by atoms with Gasteiger partial charge in [-0.3, -0.25) is 4.79 Å². The number of rotatable bonds is 8. The second kappa shape index (κ2) is 11.5. The van der Waals surface area contributed by atoms with Gasteiger partial charge in [0, 0.05) is 62.4 Å². The maximum atomic E-state index is 12.5. The summed E-state index contributed by atoms with van der Waals surface area (Å²) in [6.07, 6.45) is 10.4. The van der Waals surface area contributed by atoms with Crippen molar-refractivity contribution in [3.05, 3.63) is 59.9 Å². The Kier molecular flexibility index (Phi) is 8.70. The Labute approximate surface area is 188 Å². The number of amides is 1. The molecule has 2 aromatic rings. The molecule has 0 N–H and O–H groups in total. The highest BCUT2D eigenvalue weighted by atomic mass is 33.1. The number of benzene rings is 1. The maximum Gasteiger partial charge on any atom is 0.226 e. The molecule has 1 aromatic carbocycles. The summed E-state index contributed by atoms with van der Waals surface area (Å²) < 4.78 is 2.03. The molecule has 2 heterocycles. The molecular weight excluding hydrogens is 410 g/mol. The summed E-state index contributed by atoms with van der Waals surface area (Å²) >= 11 is 0. The molecule has 6 heteroatoms. The molecule has 4 nitrogen and oxygen atoms in total. The van der Waals surface area contributed by atoms with Crippen molar-refractivity contribution in [2.75, 3.05) is 43.6 Å². The Morgan fingerprint density at radius 3 is 2.33 bits per heavy atom. The van der Waals surface area contributed by atoms with E-state index in [4.69, 9.17) is 0 Å². The zero-order chi connectivity index (χ0) is 21.3. The maximum absolute atomic E-state index is 12.5. The number of hydrogen-bond acceptors (Lipinski definition) is 4. The third-order valence-electron chi connectivity index (χ3n) is 5.42. The molecule has 1 aliphatic heterocycles. The van der Waals surface area contributed by atoms with Crippen molar-refractivity contribution in [2.24, 2.45) is 13.0 Å². The van der Waals surface area contributed by atoms with Crippen LogP contribution in [0.15, 0.2) is 48.8 Å². The molecule has 1 atom stereocenters. The fourth-order valence-corrected chi connectivity index (χ4v) is 5.90. The van der Waals surface area contributed by atoms with E-state index in [1.807, 2.05) is 45.2 Å². The summed E-state index contributed by atoms with van der Waals surface area (Å²) in [5.74, 6) is 2.57. The summed E-state index contributed by atoms with van der Waals surface area (Å²) in [6, 6.07) is 12.8. The third-order valence-corrected chi connectivity index (χ3v) is 7.94. The molecule has 0 aliphatic carbocycles. The standard InChI is InChI=1S/C24H32N3OS2/c1-25-16-11-21(12-17-25)6-5-20-7-9-23(10-8-20)26(2)14-4-15-27(3)24(28)22-13-18-29-30-19-22/h5-12,16-17,22H,4,13-15,18-19H2,1-3H3/q+1. The number of aromatic nitrogens is 1. The number of carbonyl (C=O) groups excluding carboxylic acids is 1. The van der Waals surface area contributed by atoms with Gasteiger partial charge in [-0.15, -0.1) is 0 Å². The fourth-order valence-electron chi connectivity index (χ4n) is 3.41. The molecule has 0 saturated carbocycles. The van der Waals surface area contributed by atoms with Gasteiger partial charge in [-0.1, -0.05) is 45.9 Å². The first-order valence-corrected chi connectivity index (χ1v) is 13.0. The number of pyridine rings is 1. The predicted octanol–water partition coefficient (Wildman–Crippen LogP) is 4.37. The molecule has 0 spiro atoms. The van der Waals surface area contributed by atoms with E-state index in [9.17, 15) is 4.79 Å². The van der Waals surface area contributed by atoms with E-state index in [2.05, 4.69) is 72.9 Å². The Morgan fingerprint density at radius 2 is 1.70 bits per heavy atom. The molecular formula is C24H32N3OS2+. The van der Waals surface area contributed by atoms with Crippen LogP contribution in [-0.2, 0) is 11.8 Å². The van der Waals surface area contributed by atoms with Crippen molar-refractivity contribution in [2.45, 2.75) is 12.8 Å². The minimum absolute atomic E-state index is 0.207. The van der Waals surface area contributed by atoms with Gasteiger partial charge in [-0.25, -0.2) is 4.57 Å². The number of hydrogen-bond donors (Lipinski definition) is 0. The lowest BCUT2D eigenvalue weighted by Gasteiger charge is -2.27. The highest BCUT2D eigenvalue weighted by molar-refractivity contribution is 8.76. The van der Waals surface area contributed by atoms with Crippen LogP contribution in [-0.4, -0.2) is 49.5 Å². The minimum atomic E-state index is 0.207. The van der Waals surface area contributed by atoms with Crippen LogP contribution in [0.1, 0.15) is 24.0 Å². The molecule has 160 valence electrons. The summed E-state index contributed by atoms with van der Waals surface area (Å²) in [5, 5.41) is 0. The average molecular weight is 443 g/mol. The van der Waals surface area contributed by atoms with Gasteiger partial charge in [-0.05, 0) is 36.1 Å². The first-order chi connectivity index (χ1) is 14.5. The first-order valence-electron chi connectivity index (χ1n) is 10.5. The van der Waals surface area contributed by atoms with E-state index >= 15 is 0 Å². The molecule has 1 fully saturated rings. The second-order valence-electron chi connectivity index (χ2n) is 7.85. The summed E-state index contributed by atoms with van der Waals surface area (Å²) in [7, 11) is 9.80. The van der Waals surface area contributed by atoms with Gasteiger partial charge < -0.3 is 9.80 Å². The molecule has 1 amide bonds. The van der Waals surface area contributed by atoms with E-state index in [0.29, 0.717) is 5.91 Å². The molecule has 1 aliphatic rings. The van der Waals surface area contributed by atoms with Crippen molar-refractivity contribution in [3.8, 4) is 0 Å². The van der Waals surface area contributed by atoms with Crippen LogP contribution in [0.4, 0.5) is 5.69 Å². The first kappa shape index (κ1) is 22.8. The monoisotopic (exact) mass is 442 g/mol.